The molecule has 1 aliphatic carbocycles. The minimum atomic E-state index is -0.333. The maximum atomic E-state index is 12.7. The molecule has 4 rings (SSSR count). The van der Waals surface area contributed by atoms with Crippen LogP contribution in [0.15, 0.2) is 35.1 Å². The number of carbonyl (C=O) groups is 1. The number of rotatable bonds is 4. The number of amides is 1. The number of benzene rings is 1. The highest BCUT2D eigenvalue weighted by Crippen LogP contribution is 2.33. The predicted molar refractivity (Wildman–Crippen MR) is 95.2 cm³/mol. The summed E-state index contributed by atoms with van der Waals surface area (Å²) in [6.07, 6.45) is 5.64. The van der Waals surface area contributed by atoms with Crippen molar-refractivity contribution in [3.05, 3.63) is 46.9 Å². The van der Waals surface area contributed by atoms with Crippen LogP contribution in [0.5, 0.6) is 5.75 Å². The van der Waals surface area contributed by atoms with E-state index in [1.54, 1.807) is 18.4 Å². The molecule has 0 atom stereocenters. The summed E-state index contributed by atoms with van der Waals surface area (Å²) in [5, 5.41) is 3.47. The third-order valence-electron chi connectivity index (χ3n) is 4.20. The van der Waals surface area contributed by atoms with Gasteiger partial charge in [-0.1, -0.05) is 12.1 Å². The van der Waals surface area contributed by atoms with Crippen LogP contribution in [0.2, 0.25) is 0 Å². The Kier molecular flexibility index (Phi) is 4.23. The van der Waals surface area contributed by atoms with Crippen molar-refractivity contribution >= 4 is 22.4 Å². The Hall–Kier alpha value is -2.67. The number of aryl methyl sites for hydroxylation is 2. The summed E-state index contributed by atoms with van der Waals surface area (Å²) in [6, 6.07) is 7.36. The molecule has 0 saturated heterocycles. The quantitative estimate of drug-likeness (QED) is 0.767. The minimum Gasteiger partial charge on any atom is -0.496 e. The Morgan fingerprint density at radius 2 is 2.12 bits per heavy atom. The van der Waals surface area contributed by atoms with Crippen molar-refractivity contribution in [2.45, 2.75) is 25.7 Å². The van der Waals surface area contributed by atoms with Crippen LogP contribution < -0.4 is 10.1 Å². The highest BCUT2D eigenvalue weighted by molar-refractivity contribution is 7.15. The third kappa shape index (κ3) is 3.02. The number of nitrogens with zero attached hydrogens (tertiary/aromatic N) is 2. The number of ether oxygens (including phenoxy) is 1. The number of hydrogen-bond acceptors (Lipinski definition) is 6. The van der Waals surface area contributed by atoms with Crippen molar-refractivity contribution in [3.63, 3.8) is 0 Å². The van der Waals surface area contributed by atoms with Gasteiger partial charge in [-0.25, -0.2) is 9.97 Å². The molecule has 0 radical (unpaired) electrons. The molecule has 25 heavy (non-hydrogen) atoms. The Morgan fingerprint density at radius 3 is 2.96 bits per heavy atom. The number of anilines is 1. The van der Waals surface area contributed by atoms with Gasteiger partial charge in [-0.2, -0.15) is 0 Å². The van der Waals surface area contributed by atoms with Gasteiger partial charge in [0.25, 0.3) is 5.91 Å². The lowest BCUT2D eigenvalue weighted by atomic mass is 10.0. The fourth-order valence-electron chi connectivity index (χ4n) is 2.99. The summed E-state index contributed by atoms with van der Waals surface area (Å²) in [6.45, 7) is 0. The number of thiazole rings is 1. The lowest BCUT2D eigenvalue weighted by molar-refractivity contribution is 0.102. The van der Waals surface area contributed by atoms with Gasteiger partial charge < -0.3 is 9.15 Å². The SMILES string of the molecule is COc1ccccc1-c1ocnc1C(=O)Nc1nc2c(s1)CCCC2. The molecule has 0 unspecified atom stereocenters. The maximum absolute atomic E-state index is 12.7. The summed E-state index contributed by atoms with van der Waals surface area (Å²) >= 11 is 1.54. The fourth-order valence-corrected chi connectivity index (χ4v) is 4.04. The van der Waals surface area contributed by atoms with Gasteiger partial charge in [-0.15, -0.1) is 11.3 Å². The molecule has 0 spiro atoms. The number of aromatic nitrogens is 2. The number of oxazole rings is 1. The smallest absolute Gasteiger partial charge is 0.280 e. The first-order valence-electron chi connectivity index (χ1n) is 8.13. The van der Waals surface area contributed by atoms with Crippen LogP contribution in [-0.2, 0) is 12.8 Å². The molecule has 0 bridgehead atoms. The van der Waals surface area contributed by atoms with Crippen molar-refractivity contribution in [3.8, 4) is 17.1 Å². The lowest BCUT2D eigenvalue weighted by Crippen LogP contribution is -2.13. The first kappa shape index (κ1) is 15.8. The molecule has 1 aliphatic rings. The van der Waals surface area contributed by atoms with Crippen molar-refractivity contribution in [1.29, 1.82) is 0 Å². The van der Waals surface area contributed by atoms with E-state index in [0.717, 1.165) is 25.0 Å². The monoisotopic (exact) mass is 355 g/mol. The van der Waals surface area contributed by atoms with Crippen molar-refractivity contribution in [2.75, 3.05) is 12.4 Å². The van der Waals surface area contributed by atoms with E-state index < -0.39 is 0 Å². The second kappa shape index (κ2) is 6.68. The van der Waals surface area contributed by atoms with Crippen molar-refractivity contribution in [2.24, 2.45) is 0 Å². The van der Waals surface area contributed by atoms with Crippen LogP contribution >= 0.6 is 11.3 Å². The Bertz CT molecular complexity index is 892. The standard InChI is InChI=1S/C18H17N3O3S/c1-23-13-8-4-2-6-11(13)16-15(19-10-24-16)17(22)21-18-20-12-7-3-5-9-14(12)25-18/h2,4,6,8,10H,3,5,7,9H2,1H3,(H,20,21,22). The van der Waals surface area contributed by atoms with Gasteiger partial charge in [0.05, 0.1) is 18.4 Å². The third-order valence-corrected chi connectivity index (χ3v) is 5.27. The zero-order valence-corrected chi connectivity index (χ0v) is 14.6. The van der Waals surface area contributed by atoms with E-state index in [1.165, 1.54) is 17.7 Å². The highest BCUT2D eigenvalue weighted by Gasteiger charge is 2.23. The summed E-state index contributed by atoms with van der Waals surface area (Å²) in [4.78, 5) is 22.6. The normalized spacial score (nSPS) is 13.3. The van der Waals surface area contributed by atoms with E-state index >= 15 is 0 Å². The largest absolute Gasteiger partial charge is 0.496 e. The molecule has 1 N–H and O–H groups in total. The molecular weight excluding hydrogens is 338 g/mol. The number of fused-ring (bicyclic) bond motifs is 1. The molecule has 128 valence electrons. The number of carbonyl (C=O) groups excluding carboxylic acids is 1. The molecule has 1 amide bonds. The van der Waals surface area contributed by atoms with Crippen LogP contribution in [0.3, 0.4) is 0 Å². The summed E-state index contributed by atoms with van der Waals surface area (Å²) in [5.41, 5.74) is 2.01. The van der Waals surface area contributed by atoms with Gasteiger partial charge in [-0.05, 0) is 37.8 Å². The lowest BCUT2D eigenvalue weighted by Gasteiger charge is -2.06. The van der Waals surface area contributed by atoms with Gasteiger partial charge in [0, 0.05) is 4.88 Å². The first-order valence-corrected chi connectivity index (χ1v) is 8.94. The molecule has 0 saturated carbocycles. The van der Waals surface area contributed by atoms with Crippen LogP contribution in [0, 0.1) is 0 Å². The highest BCUT2D eigenvalue weighted by atomic mass is 32.1. The molecule has 3 aromatic rings. The number of nitrogens with one attached hydrogen (secondary N) is 1. The first-order chi connectivity index (χ1) is 12.3. The molecule has 0 fully saturated rings. The molecule has 7 heteroatoms. The molecule has 2 heterocycles. The van der Waals surface area contributed by atoms with Crippen LogP contribution in [-0.4, -0.2) is 23.0 Å². The molecule has 2 aromatic heterocycles. The average molecular weight is 355 g/mol. The molecular formula is C18H17N3O3S. The van der Waals surface area contributed by atoms with Gasteiger partial charge in [0.2, 0.25) is 0 Å². The summed E-state index contributed by atoms with van der Waals surface area (Å²) in [7, 11) is 1.58. The maximum Gasteiger partial charge on any atom is 0.280 e. The zero-order chi connectivity index (χ0) is 17.2. The van der Waals surface area contributed by atoms with Crippen LogP contribution in [0.25, 0.3) is 11.3 Å². The zero-order valence-electron chi connectivity index (χ0n) is 13.7. The van der Waals surface area contributed by atoms with E-state index in [9.17, 15) is 4.79 Å². The van der Waals surface area contributed by atoms with E-state index in [0.29, 0.717) is 22.2 Å². The second-order valence-corrected chi connectivity index (χ2v) is 6.86. The van der Waals surface area contributed by atoms with Crippen LogP contribution in [0.1, 0.15) is 33.9 Å². The Morgan fingerprint density at radius 1 is 1.28 bits per heavy atom. The van der Waals surface area contributed by atoms with Gasteiger partial charge in [0.1, 0.15) is 5.75 Å². The minimum absolute atomic E-state index is 0.220. The molecule has 0 aliphatic heterocycles. The fraction of sp³-hybridized carbons (Fsp3) is 0.278. The Balaban J connectivity index is 1.61. The number of para-hydroxylation sites is 1. The van der Waals surface area contributed by atoms with E-state index in [1.807, 2.05) is 24.3 Å². The van der Waals surface area contributed by atoms with Gasteiger partial charge >= 0.3 is 0 Å². The van der Waals surface area contributed by atoms with Crippen molar-refractivity contribution < 1.29 is 13.9 Å². The van der Waals surface area contributed by atoms with Crippen molar-refractivity contribution in [1.82, 2.24) is 9.97 Å². The second-order valence-electron chi connectivity index (χ2n) is 5.78. The predicted octanol–water partition coefficient (Wildman–Crippen LogP) is 3.94. The topological polar surface area (TPSA) is 77.2 Å². The summed E-state index contributed by atoms with van der Waals surface area (Å²) < 4.78 is 10.8. The van der Waals surface area contributed by atoms with Gasteiger partial charge in [0.15, 0.2) is 23.0 Å². The summed E-state index contributed by atoms with van der Waals surface area (Å²) in [5.74, 6) is 0.676. The number of hydrogen-bond donors (Lipinski definition) is 1. The number of methoxy groups -OCH3 is 1. The Labute approximate surface area is 148 Å². The van der Waals surface area contributed by atoms with Gasteiger partial charge in [-0.3, -0.25) is 10.1 Å². The van der Waals surface area contributed by atoms with E-state index in [-0.39, 0.29) is 11.6 Å². The molecule has 6 nitrogen and oxygen atoms in total. The average Bonchev–Trinajstić information content (AvgIpc) is 3.27. The van der Waals surface area contributed by atoms with E-state index in [4.69, 9.17) is 9.15 Å². The van der Waals surface area contributed by atoms with Crippen LogP contribution in [0.4, 0.5) is 5.13 Å². The molecule has 1 aromatic carbocycles. The van der Waals surface area contributed by atoms with E-state index in [2.05, 4.69) is 15.3 Å².